The van der Waals surface area contributed by atoms with Crippen LogP contribution in [0.15, 0.2) is 53.7 Å². The minimum atomic E-state index is -0.480. The van der Waals surface area contributed by atoms with E-state index in [2.05, 4.69) is 27.6 Å². The predicted molar refractivity (Wildman–Crippen MR) is 122 cm³/mol. The average Bonchev–Trinajstić information content (AvgIpc) is 3.07. The van der Waals surface area contributed by atoms with Crippen molar-refractivity contribution < 1.29 is 9.18 Å². The molecule has 0 bridgehead atoms. The molecule has 0 atom stereocenters. The Hall–Kier alpha value is -3.19. The number of rotatable bonds is 6. The largest absolute Gasteiger partial charge is 0.326 e. The van der Waals surface area contributed by atoms with Crippen LogP contribution in [0.3, 0.4) is 0 Å². The Morgan fingerprint density at radius 1 is 1.23 bits per heavy atom. The van der Waals surface area contributed by atoms with Gasteiger partial charge in [0.05, 0.1) is 12.2 Å². The number of carbonyl (C=O) groups is 1. The Bertz CT molecular complexity index is 1110. The number of hydrogen-bond donors (Lipinski definition) is 2. The maximum absolute atomic E-state index is 13.5. The van der Waals surface area contributed by atoms with Crippen molar-refractivity contribution in [3.63, 3.8) is 0 Å². The summed E-state index contributed by atoms with van der Waals surface area (Å²) in [6.07, 6.45) is 2.94. The van der Waals surface area contributed by atoms with E-state index >= 15 is 0 Å². The second kappa shape index (κ2) is 10.2. The van der Waals surface area contributed by atoms with Gasteiger partial charge in [0.1, 0.15) is 5.82 Å². The lowest BCUT2D eigenvalue weighted by atomic mass is 10.2. The summed E-state index contributed by atoms with van der Waals surface area (Å²) in [5.74, 6) is -0.690. The van der Waals surface area contributed by atoms with E-state index in [0.717, 1.165) is 35.5 Å². The molecule has 0 unspecified atom stereocenters. The highest BCUT2D eigenvalue weighted by molar-refractivity contribution is 6.30. The number of amides is 1. The molecule has 0 saturated carbocycles. The maximum atomic E-state index is 13.5. The first-order chi connectivity index (χ1) is 14.9. The van der Waals surface area contributed by atoms with Crippen LogP contribution >= 0.6 is 11.6 Å². The zero-order valence-electron chi connectivity index (χ0n) is 17.7. The molecule has 2 aromatic carbocycles. The summed E-state index contributed by atoms with van der Waals surface area (Å²) in [6, 6.07) is 10.9. The van der Waals surface area contributed by atoms with Gasteiger partial charge in [0, 0.05) is 34.6 Å². The first-order valence-corrected chi connectivity index (χ1v) is 10.4. The molecule has 0 radical (unpaired) electrons. The van der Waals surface area contributed by atoms with Crippen molar-refractivity contribution in [3.8, 4) is 0 Å². The molecular weight excluding hydrogens is 417 g/mol. The molecule has 8 heteroatoms. The number of halogens is 2. The first kappa shape index (κ1) is 22.5. The minimum absolute atomic E-state index is 0.203. The van der Waals surface area contributed by atoms with Crippen molar-refractivity contribution in [2.45, 2.75) is 40.3 Å². The number of hydrogen-bond acceptors (Lipinski definition) is 3. The predicted octanol–water partition coefficient (Wildman–Crippen LogP) is 5.10. The number of nitrogens with one attached hydrogen (secondary N) is 2. The molecule has 0 aliphatic rings. The number of anilines is 1. The van der Waals surface area contributed by atoms with Gasteiger partial charge in [-0.25, -0.2) is 9.38 Å². The molecule has 0 fully saturated rings. The smallest absolute Gasteiger partial charge is 0.258 e. The highest BCUT2D eigenvalue weighted by Crippen LogP contribution is 2.19. The fraction of sp³-hybridized carbons (Fsp3) is 0.261. The van der Waals surface area contributed by atoms with Crippen molar-refractivity contribution in [3.05, 3.63) is 81.9 Å². The standard InChI is InChI=1S/C23H25ClFN5O/c1-4-10-30-14-18(16(3)29-30)13-26-23(27-21-9-8-19(24)11-15(21)2)28-22(31)17-6-5-7-20(25)12-17/h5-9,11-12,14H,4,10,13H2,1-3H3,(H2,26,27,28,31). The summed E-state index contributed by atoms with van der Waals surface area (Å²) >= 11 is 6.05. The summed E-state index contributed by atoms with van der Waals surface area (Å²) in [5, 5.41) is 11.0. The molecule has 31 heavy (non-hydrogen) atoms. The molecule has 3 rings (SSSR count). The minimum Gasteiger partial charge on any atom is -0.326 e. The van der Waals surface area contributed by atoms with Gasteiger partial charge in [-0.05, 0) is 62.2 Å². The summed E-state index contributed by atoms with van der Waals surface area (Å²) in [5.41, 5.74) is 3.69. The molecule has 1 aromatic heterocycles. The third-order valence-corrected chi connectivity index (χ3v) is 4.90. The van der Waals surface area contributed by atoms with Crippen molar-refractivity contribution in [1.82, 2.24) is 15.1 Å². The van der Waals surface area contributed by atoms with Crippen molar-refractivity contribution in [2.75, 3.05) is 5.32 Å². The van der Waals surface area contributed by atoms with Gasteiger partial charge in [-0.3, -0.25) is 14.8 Å². The first-order valence-electron chi connectivity index (χ1n) is 10.0. The zero-order valence-corrected chi connectivity index (χ0v) is 18.5. The summed E-state index contributed by atoms with van der Waals surface area (Å²) < 4.78 is 15.4. The Kier molecular flexibility index (Phi) is 7.41. The number of carbonyl (C=O) groups excluding carboxylic acids is 1. The Labute approximate surface area is 186 Å². The van der Waals surface area contributed by atoms with Gasteiger partial charge in [0.2, 0.25) is 5.96 Å². The number of aliphatic imine (C=N–C) groups is 1. The quantitative estimate of drug-likeness (QED) is 0.413. The fourth-order valence-electron chi connectivity index (χ4n) is 3.04. The van der Waals surface area contributed by atoms with Crippen LogP contribution in [-0.2, 0) is 13.1 Å². The van der Waals surface area contributed by atoms with Gasteiger partial charge in [-0.2, -0.15) is 5.10 Å². The van der Waals surface area contributed by atoms with E-state index in [1.807, 2.05) is 36.9 Å². The van der Waals surface area contributed by atoms with E-state index < -0.39 is 11.7 Å². The van der Waals surface area contributed by atoms with Crippen LogP contribution in [0.4, 0.5) is 10.1 Å². The van der Waals surface area contributed by atoms with Crippen molar-refractivity contribution >= 4 is 29.2 Å². The normalized spacial score (nSPS) is 11.5. The molecule has 3 aromatic rings. The number of aromatic nitrogens is 2. The van der Waals surface area contributed by atoms with E-state index in [4.69, 9.17) is 11.6 Å². The molecule has 2 N–H and O–H groups in total. The highest BCUT2D eigenvalue weighted by Gasteiger charge is 2.12. The Morgan fingerprint density at radius 2 is 2.03 bits per heavy atom. The van der Waals surface area contributed by atoms with Gasteiger partial charge < -0.3 is 5.32 Å². The molecule has 1 amide bonds. The lowest BCUT2D eigenvalue weighted by Crippen LogP contribution is -2.36. The highest BCUT2D eigenvalue weighted by atomic mass is 35.5. The summed E-state index contributed by atoms with van der Waals surface area (Å²) in [6.45, 7) is 7.08. The fourth-order valence-corrected chi connectivity index (χ4v) is 3.26. The van der Waals surface area contributed by atoms with E-state index in [-0.39, 0.29) is 11.5 Å². The third kappa shape index (κ3) is 6.15. The zero-order chi connectivity index (χ0) is 22.4. The van der Waals surface area contributed by atoms with Crippen LogP contribution in [-0.4, -0.2) is 21.6 Å². The number of aryl methyl sites for hydroxylation is 3. The monoisotopic (exact) mass is 441 g/mol. The van der Waals surface area contributed by atoms with Crippen LogP contribution < -0.4 is 10.6 Å². The van der Waals surface area contributed by atoms with Gasteiger partial charge in [-0.15, -0.1) is 0 Å². The van der Waals surface area contributed by atoms with Crippen LogP contribution in [0.5, 0.6) is 0 Å². The summed E-state index contributed by atoms with van der Waals surface area (Å²) in [7, 11) is 0. The molecule has 0 saturated heterocycles. The van der Waals surface area contributed by atoms with E-state index in [1.165, 1.54) is 18.2 Å². The topological polar surface area (TPSA) is 71.3 Å². The van der Waals surface area contributed by atoms with Crippen LogP contribution in [0.2, 0.25) is 5.02 Å². The van der Waals surface area contributed by atoms with E-state index in [0.29, 0.717) is 11.6 Å². The van der Waals surface area contributed by atoms with Gasteiger partial charge in [0.25, 0.3) is 5.91 Å². The molecular formula is C23H25ClFN5O. The van der Waals surface area contributed by atoms with Gasteiger partial charge in [0.15, 0.2) is 0 Å². The lowest BCUT2D eigenvalue weighted by molar-refractivity contribution is 0.0976. The third-order valence-electron chi connectivity index (χ3n) is 4.67. The number of benzene rings is 2. The Morgan fingerprint density at radius 3 is 2.74 bits per heavy atom. The number of nitrogens with zero attached hydrogens (tertiary/aromatic N) is 3. The van der Waals surface area contributed by atoms with E-state index in [9.17, 15) is 9.18 Å². The maximum Gasteiger partial charge on any atom is 0.258 e. The second-order valence-electron chi connectivity index (χ2n) is 7.22. The van der Waals surface area contributed by atoms with Gasteiger partial charge in [-0.1, -0.05) is 24.6 Å². The van der Waals surface area contributed by atoms with Crippen LogP contribution in [0.25, 0.3) is 0 Å². The van der Waals surface area contributed by atoms with Crippen molar-refractivity contribution in [2.24, 2.45) is 4.99 Å². The molecule has 6 nitrogen and oxygen atoms in total. The number of guanidine groups is 1. The molecule has 162 valence electrons. The average molecular weight is 442 g/mol. The lowest BCUT2D eigenvalue weighted by Gasteiger charge is -2.14. The van der Waals surface area contributed by atoms with E-state index in [1.54, 1.807) is 12.1 Å². The van der Waals surface area contributed by atoms with Crippen LogP contribution in [0, 0.1) is 19.7 Å². The van der Waals surface area contributed by atoms with Crippen LogP contribution in [0.1, 0.15) is 40.5 Å². The molecule has 0 aliphatic heterocycles. The molecule has 1 heterocycles. The molecule has 0 aliphatic carbocycles. The second-order valence-corrected chi connectivity index (χ2v) is 7.65. The van der Waals surface area contributed by atoms with Gasteiger partial charge >= 0.3 is 0 Å². The molecule has 0 spiro atoms. The summed E-state index contributed by atoms with van der Waals surface area (Å²) in [4.78, 5) is 17.2. The Balaban J connectivity index is 1.85. The van der Waals surface area contributed by atoms with Crippen molar-refractivity contribution in [1.29, 1.82) is 0 Å². The SMILES string of the molecule is CCCn1cc(CN=C(NC(=O)c2cccc(F)c2)Nc2ccc(Cl)cc2C)c(C)n1.